The van der Waals surface area contributed by atoms with Gasteiger partial charge in [-0.1, -0.05) is 6.07 Å². The van der Waals surface area contributed by atoms with Crippen LogP contribution in [-0.2, 0) is 6.18 Å². The molecule has 0 radical (unpaired) electrons. The van der Waals surface area contributed by atoms with Gasteiger partial charge < -0.3 is 10.0 Å². The third-order valence-electron chi connectivity index (χ3n) is 4.42. The average Bonchev–Trinajstić information content (AvgIpc) is 2.61. The Kier molecular flexibility index (Phi) is 4.71. The van der Waals surface area contributed by atoms with Crippen LogP contribution in [0.2, 0.25) is 0 Å². The first-order valence-corrected chi connectivity index (χ1v) is 7.81. The van der Waals surface area contributed by atoms with Crippen molar-refractivity contribution in [1.82, 2.24) is 9.97 Å². The molecule has 3 rings (SSSR count). The molecule has 7 heteroatoms. The van der Waals surface area contributed by atoms with Gasteiger partial charge in [0.1, 0.15) is 5.69 Å². The molecule has 0 spiro atoms. The summed E-state index contributed by atoms with van der Waals surface area (Å²) in [7, 11) is 0. The number of hydrogen-bond acceptors (Lipinski definition) is 4. The summed E-state index contributed by atoms with van der Waals surface area (Å²) in [5, 5.41) is 10.4. The zero-order chi connectivity index (χ0) is 17.2. The van der Waals surface area contributed by atoms with Gasteiger partial charge >= 0.3 is 6.18 Å². The minimum atomic E-state index is -4.42. The Morgan fingerprint density at radius 3 is 2.42 bits per heavy atom. The minimum Gasteiger partial charge on any atom is -0.388 e. The van der Waals surface area contributed by atoms with E-state index < -0.39 is 18.0 Å². The van der Waals surface area contributed by atoms with Crippen LogP contribution in [0.25, 0.3) is 0 Å². The lowest BCUT2D eigenvalue weighted by molar-refractivity contribution is -0.141. The largest absolute Gasteiger partial charge is 0.433 e. The Morgan fingerprint density at radius 2 is 1.88 bits per heavy atom. The van der Waals surface area contributed by atoms with Crippen molar-refractivity contribution in [3.63, 3.8) is 0 Å². The molecule has 1 unspecified atom stereocenters. The highest BCUT2D eigenvalue weighted by Crippen LogP contribution is 2.33. The fourth-order valence-corrected chi connectivity index (χ4v) is 3.04. The maximum absolute atomic E-state index is 12.6. The van der Waals surface area contributed by atoms with Crippen molar-refractivity contribution in [2.24, 2.45) is 5.92 Å². The highest BCUT2D eigenvalue weighted by Gasteiger charge is 2.32. The molecular formula is C17H18F3N3O. The van der Waals surface area contributed by atoms with E-state index in [0.717, 1.165) is 24.5 Å². The van der Waals surface area contributed by atoms with Gasteiger partial charge in [-0.2, -0.15) is 13.2 Å². The number of halogens is 3. The van der Waals surface area contributed by atoms with Gasteiger partial charge in [-0.3, -0.25) is 4.98 Å². The van der Waals surface area contributed by atoms with E-state index in [1.807, 2.05) is 11.0 Å². The molecule has 0 aromatic carbocycles. The van der Waals surface area contributed by atoms with Crippen LogP contribution in [0.1, 0.15) is 30.2 Å². The van der Waals surface area contributed by atoms with E-state index in [4.69, 9.17) is 0 Å². The third-order valence-corrected chi connectivity index (χ3v) is 4.42. The lowest BCUT2D eigenvalue weighted by Gasteiger charge is -2.35. The van der Waals surface area contributed by atoms with Crippen molar-refractivity contribution in [3.05, 3.63) is 54.1 Å². The van der Waals surface area contributed by atoms with Crippen LogP contribution in [0, 0.1) is 5.92 Å². The van der Waals surface area contributed by atoms with Gasteiger partial charge in [0.2, 0.25) is 0 Å². The minimum absolute atomic E-state index is 0.118. The molecule has 2 aromatic heterocycles. The van der Waals surface area contributed by atoms with E-state index in [1.54, 1.807) is 18.5 Å². The number of alkyl halides is 3. The zero-order valence-electron chi connectivity index (χ0n) is 12.9. The molecule has 0 saturated carbocycles. The van der Waals surface area contributed by atoms with Crippen LogP contribution in [-0.4, -0.2) is 28.2 Å². The molecule has 1 atom stereocenters. The molecule has 3 heterocycles. The predicted molar refractivity (Wildman–Crippen MR) is 83.4 cm³/mol. The zero-order valence-corrected chi connectivity index (χ0v) is 12.9. The number of anilines is 1. The van der Waals surface area contributed by atoms with Crippen molar-refractivity contribution in [3.8, 4) is 0 Å². The van der Waals surface area contributed by atoms with E-state index in [0.29, 0.717) is 18.8 Å². The summed E-state index contributed by atoms with van der Waals surface area (Å²) in [6, 6.07) is 6.10. The summed E-state index contributed by atoms with van der Waals surface area (Å²) in [5.74, 6) is 0.118. The number of aliphatic hydroxyl groups excluding tert-OH is 1. The lowest BCUT2D eigenvalue weighted by atomic mass is 9.88. The molecule has 1 N–H and O–H groups in total. The number of aliphatic hydroxyl groups is 1. The van der Waals surface area contributed by atoms with Crippen molar-refractivity contribution in [2.45, 2.75) is 25.1 Å². The van der Waals surface area contributed by atoms with Crippen LogP contribution in [0.4, 0.5) is 18.9 Å². The normalized spacial score (nSPS) is 17.8. The van der Waals surface area contributed by atoms with Gasteiger partial charge in [0.15, 0.2) is 0 Å². The molecule has 128 valence electrons. The molecule has 0 amide bonds. The molecular weight excluding hydrogens is 319 g/mol. The number of hydrogen-bond donors (Lipinski definition) is 1. The van der Waals surface area contributed by atoms with Crippen LogP contribution in [0.5, 0.6) is 0 Å². The molecule has 4 nitrogen and oxygen atoms in total. The second-order valence-corrected chi connectivity index (χ2v) is 5.96. The maximum atomic E-state index is 12.6. The van der Waals surface area contributed by atoms with Crippen LogP contribution >= 0.6 is 0 Å². The fourth-order valence-electron chi connectivity index (χ4n) is 3.04. The standard InChI is InChI=1S/C17H18F3N3O/c18-17(19,20)15-4-3-14(11-22-15)23-8-5-12(6-9-23)16(24)13-2-1-7-21-10-13/h1-4,7,10-12,16,24H,5-6,8-9H2. The number of nitrogens with zero attached hydrogens (tertiary/aromatic N) is 3. The first-order valence-electron chi connectivity index (χ1n) is 7.81. The van der Waals surface area contributed by atoms with Gasteiger partial charge in [0.05, 0.1) is 18.0 Å². The molecule has 1 aliphatic heterocycles. The number of pyridine rings is 2. The van der Waals surface area contributed by atoms with Gasteiger partial charge in [-0.25, -0.2) is 4.98 Å². The van der Waals surface area contributed by atoms with E-state index in [9.17, 15) is 18.3 Å². The summed E-state index contributed by atoms with van der Waals surface area (Å²) >= 11 is 0. The monoisotopic (exact) mass is 337 g/mol. The highest BCUT2D eigenvalue weighted by atomic mass is 19.4. The number of rotatable bonds is 3. The smallest absolute Gasteiger partial charge is 0.388 e. The van der Waals surface area contributed by atoms with Crippen LogP contribution < -0.4 is 4.90 Å². The molecule has 1 fully saturated rings. The Bertz CT molecular complexity index is 653. The Hall–Kier alpha value is -2.15. The topological polar surface area (TPSA) is 49.3 Å². The first kappa shape index (κ1) is 16.7. The number of aromatic nitrogens is 2. The molecule has 24 heavy (non-hydrogen) atoms. The number of piperidine rings is 1. The van der Waals surface area contributed by atoms with Crippen LogP contribution in [0.3, 0.4) is 0 Å². The van der Waals surface area contributed by atoms with Gasteiger partial charge in [0, 0.05) is 25.5 Å². The van der Waals surface area contributed by atoms with E-state index >= 15 is 0 Å². The lowest BCUT2D eigenvalue weighted by Crippen LogP contribution is -2.35. The van der Waals surface area contributed by atoms with Gasteiger partial charge in [-0.15, -0.1) is 0 Å². The van der Waals surface area contributed by atoms with Gasteiger partial charge in [0.25, 0.3) is 0 Å². The van der Waals surface area contributed by atoms with E-state index in [1.165, 1.54) is 12.3 Å². The Labute approximate surface area is 138 Å². The average molecular weight is 337 g/mol. The molecule has 2 aromatic rings. The molecule has 0 bridgehead atoms. The first-order chi connectivity index (χ1) is 11.4. The van der Waals surface area contributed by atoms with E-state index in [2.05, 4.69) is 9.97 Å². The van der Waals surface area contributed by atoms with Crippen molar-refractivity contribution in [1.29, 1.82) is 0 Å². The van der Waals surface area contributed by atoms with Crippen molar-refractivity contribution in [2.75, 3.05) is 18.0 Å². The van der Waals surface area contributed by atoms with Crippen molar-refractivity contribution >= 4 is 5.69 Å². The summed E-state index contributed by atoms with van der Waals surface area (Å²) < 4.78 is 37.7. The molecule has 0 aliphatic carbocycles. The molecule has 1 aliphatic rings. The summed E-state index contributed by atoms with van der Waals surface area (Å²) in [4.78, 5) is 9.52. The maximum Gasteiger partial charge on any atom is 0.433 e. The second-order valence-electron chi connectivity index (χ2n) is 5.96. The third kappa shape index (κ3) is 3.67. The Balaban J connectivity index is 1.61. The second kappa shape index (κ2) is 6.76. The summed E-state index contributed by atoms with van der Waals surface area (Å²) in [5.41, 5.74) is 0.595. The predicted octanol–water partition coefficient (Wildman–Crippen LogP) is 3.45. The summed E-state index contributed by atoms with van der Waals surface area (Å²) in [6.45, 7) is 1.35. The quantitative estimate of drug-likeness (QED) is 0.932. The highest BCUT2D eigenvalue weighted by molar-refractivity contribution is 5.45. The SMILES string of the molecule is OC(c1cccnc1)C1CCN(c2ccc(C(F)(F)F)nc2)CC1. The van der Waals surface area contributed by atoms with Crippen molar-refractivity contribution < 1.29 is 18.3 Å². The fraction of sp³-hybridized carbons (Fsp3) is 0.412. The molecule has 1 saturated heterocycles. The van der Waals surface area contributed by atoms with Crippen LogP contribution in [0.15, 0.2) is 42.9 Å². The van der Waals surface area contributed by atoms with Gasteiger partial charge in [-0.05, 0) is 42.5 Å². The Morgan fingerprint density at radius 1 is 1.12 bits per heavy atom. The van der Waals surface area contributed by atoms with E-state index in [-0.39, 0.29) is 5.92 Å². The summed E-state index contributed by atoms with van der Waals surface area (Å²) in [6.07, 6.45) is 1.13.